The average molecular weight is 397 g/mol. The zero-order chi connectivity index (χ0) is 20.8. The molecule has 2 aromatic carbocycles. The second-order valence-electron chi connectivity index (χ2n) is 6.47. The highest BCUT2D eigenvalue weighted by Gasteiger charge is 2.22. The van der Waals surface area contributed by atoms with E-state index in [0.29, 0.717) is 22.6 Å². The summed E-state index contributed by atoms with van der Waals surface area (Å²) in [4.78, 5) is 24.5. The van der Waals surface area contributed by atoms with Crippen LogP contribution in [0.5, 0.6) is 5.88 Å². The Morgan fingerprint density at radius 3 is 2.47 bits per heavy atom. The normalized spacial score (nSPS) is 11.4. The van der Waals surface area contributed by atoms with Crippen LogP contribution in [0.1, 0.15) is 11.1 Å². The van der Waals surface area contributed by atoms with Crippen LogP contribution < -0.4 is 4.74 Å². The molecule has 4 rings (SSSR count). The van der Waals surface area contributed by atoms with Crippen LogP contribution in [-0.4, -0.2) is 39.6 Å². The first-order chi connectivity index (χ1) is 14.8. The van der Waals surface area contributed by atoms with Crippen LogP contribution in [0, 0.1) is 0 Å². The largest absolute Gasteiger partial charge is 0.475 e. The molecule has 0 saturated carbocycles. The molecule has 30 heavy (non-hydrogen) atoms. The number of aldehydes is 1. The monoisotopic (exact) mass is 397 g/mol. The van der Waals surface area contributed by atoms with Crippen molar-refractivity contribution in [2.24, 2.45) is 0 Å². The van der Waals surface area contributed by atoms with Crippen molar-refractivity contribution in [2.45, 2.75) is 0 Å². The molecule has 2 heterocycles. The summed E-state index contributed by atoms with van der Waals surface area (Å²) in [6.45, 7) is -0.0813. The van der Waals surface area contributed by atoms with Crippen LogP contribution >= 0.6 is 0 Å². The van der Waals surface area contributed by atoms with Gasteiger partial charge in [-0.15, -0.1) is 0 Å². The predicted octanol–water partition coefficient (Wildman–Crippen LogP) is 3.69. The minimum absolute atomic E-state index is 0.0756. The summed E-state index contributed by atoms with van der Waals surface area (Å²) < 4.78 is 5.85. The van der Waals surface area contributed by atoms with Crippen LogP contribution in [-0.2, 0) is 4.79 Å². The van der Waals surface area contributed by atoms with E-state index in [4.69, 9.17) is 9.72 Å². The van der Waals surface area contributed by atoms with E-state index in [1.807, 2.05) is 54.6 Å². The van der Waals surface area contributed by atoms with E-state index in [-0.39, 0.29) is 13.2 Å². The van der Waals surface area contributed by atoms with Gasteiger partial charge in [0.05, 0.1) is 17.7 Å². The Morgan fingerprint density at radius 1 is 1.00 bits per heavy atom. The Balaban J connectivity index is 2.12. The maximum Gasteiger partial charge on any atom is 0.222 e. The number of fused-ring (bicyclic) bond motifs is 1. The van der Waals surface area contributed by atoms with E-state index in [0.717, 1.165) is 28.3 Å². The summed E-state index contributed by atoms with van der Waals surface area (Å²) in [6, 6.07) is 17.6. The topological polar surface area (TPSA) is 85.2 Å². The van der Waals surface area contributed by atoms with Gasteiger partial charge >= 0.3 is 0 Å². The van der Waals surface area contributed by atoms with Gasteiger partial charge in [-0.3, -0.25) is 4.79 Å². The Kier molecular flexibility index (Phi) is 5.87. The zero-order valence-corrected chi connectivity index (χ0v) is 16.1. The highest BCUT2D eigenvalue weighted by Crippen LogP contribution is 2.42. The molecular weight excluding hydrogens is 378 g/mol. The molecule has 0 aliphatic heterocycles. The number of hydrogen-bond donors (Lipinski definition) is 1. The number of ether oxygens (including phenoxy) is 1. The Labute approximate surface area is 173 Å². The standard InChI is InChI=1S/C24H19N3O3/c28-11-10-19(18-14-25-16-26-15-18)23-22(17-6-2-1-3-7-17)20-8-4-5-9-21(20)27-24(23)30-13-12-29/h1-11,14-16,29H,12-13H2/b19-10+. The fraction of sp³-hybridized carbons (Fsp3) is 0.0833. The van der Waals surface area contributed by atoms with Gasteiger partial charge in [-0.2, -0.15) is 0 Å². The fourth-order valence-electron chi connectivity index (χ4n) is 3.42. The van der Waals surface area contributed by atoms with Crippen molar-refractivity contribution in [1.82, 2.24) is 15.0 Å². The number of benzene rings is 2. The van der Waals surface area contributed by atoms with E-state index in [2.05, 4.69) is 9.97 Å². The van der Waals surface area contributed by atoms with Crippen molar-refractivity contribution < 1.29 is 14.6 Å². The Bertz CT molecular complexity index is 1190. The number of aliphatic hydroxyl groups is 1. The fourth-order valence-corrected chi connectivity index (χ4v) is 3.42. The van der Waals surface area contributed by atoms with E-state index in [1.54, 1.807) is 12.4 Å². The van der Waals surface area contributed by atoms with Gasteiger partial charge in [0.25, 0.3) is 0 Å². The number of pyridine rings is 1. The molecule has 0 unspecified atom stereocenters. The first-order valence-electron chi connectivity index (χ1n) is 9.46. The average Bonchev–Trinajstić information content (AvgIpc) is 2.81. The molecule has 0 amide bonds. The van der Waals surface area contributed by atoms with E-state index in [9.17, 15) is 9.90 Å². The van der Waals surface area contributed by atoms with Crippen molar-refractivity contribution in [1.29, 1.82) is 0 Å². The van der Waals surface area contributed by atoms with Crippen LogP contribution in [0.2, 0.25) is 0 Å². The number of carbonyl (C=O) groups is 1. The Hall–Kier alpha value is -3.90. The number of nitrogens with zero attached hydrogens (tertiary/aromatic N) is 3. The third kappa shape index (κ3) is 3.81. The van der Waals surface area contributed by atoms with Crippen LogP contribution in [0.15, 0.2) is 79.4 Å². The lowest BCUT2D eigenvalue weighted by molar-refractivity contribution is -0.104. The molecule has 0 bridgehead atoms. The summed E-state index contributed by atoms with van der Waals surface area (Å²) in [5, 5.41) is 10.3. The number of aliphatic hydroxyl groups excluding tert-OH is 1. The molecule has 6 heteroatoms. The quantitative estimate of drug-likeness (QED) is 0.378. The van der Waals surface area contributed by atoms with Gasteiger partial charge in [0.15, 0.2) is 0 Å². The van der Waals surface area contributed by atoms with Gasteiger partial charge in [-0.05, 0) is 17.7 Å². The third-order valence-corrected chi connectivity index (χ3v) is 4.63. The minimum atomic E-state index is -0.157. The van der Waals surface area contributed by atoms with Crippen molar-refractivity contribution >= 4 is 22.8 Å². The first-order valence-corrected chi connectivity index (χ1v) is 9.46. The molecule has 0 saturated heterocycles. The summed E-state index contributed by atoms with van der Waals surface area (Å²) in [5.74, 6) is 0.332. The molecule has 0 atom stereocenters. The summed E-state index contributed by atoms with van der Waals surface area (Å²) in [5.41, 5.74) is 4.49. The van der Waals surface area contributed by atoms with Gasteiger partial charge in [0, 0.05) is 34.5 Å². The van der Waals surface area contributed by atoms with Crippen LogP contribution in [0.4, 0.5) is 0 Å². The third-order valence-electron chi connectivity index (χ3n) is 4.63. The summed E-state index contributed by atoms with van der Waals surface area (Å²) in [7, 11) is 0. The zero-order valence-electron chi connectivity index (χ0n) is 16.1. The number of hydrogen-bond acceptors (Lipinski definition) is 6. The predicted molar refractivity (Wildman–Crippen MR) is 115 cm³/mol. The van der Waals surface area contributed by atoms with Crippen LogP contribution in [0.25, 0.3) is 27.6 Å². The summed E-state index contributed by atoms with van der Waals surface area (Å²) >= 11 is 0. The molecule has 0 fully saturated rings. The SMILES string of the molecule is O=C/C=C(\c1cncnc1)c1c(OCCO)nc2ccccc2c1-c1ccccc1. The van der Waals surface area contributed by atoms with Gasteiger partial charge in [-0.25, -0.2) is 15.0 Å². The first kappa shape index (κ1) is 19.4. The lowest BCUT2D eigenvalue weighted by atomic mass is 9.89. The van der Waals surface area contributed by atoms with Crippen molar-refractivity contribution in [3.05, 3.63) is 90.5 Å². The minimum Gasteiger partial charge on any atom is -0.475 e. The lowest BCUT2D eigenvalue weighted by Crippen LogP contribution is -2.08. The highest BCUT2D eigenvalue weighted by molar-refractivity contribution is 6.05. The van der Waals surface area contributed by atoms with Gasteiger partial charge in [0.2, 0.25) is 5.88 Å². The lowest BCUT2D eigenvalue weighted by Gasteiger charge is -2.19. The molecule has 0 aliphatic carbocycles. The van der Waals surface area contributed by atoms with Gasteiger partial charge < -0.3 is 9.84 Å². The smallest absolute Gasteiger partial charge is 0.222 e. The molecule has 6 nitrogen and oxygen atoms in total. The summed E-state index contributed by atoms with van der Waals surface area (Å²) in [6.07, 6.45) is 6.90. The maximum absolute atomic E-state index is 11.6. The molecule has 2 aromatic heterocycles. The van der Waals surface area contributed by atoms with E-state index < -0.39 is 0 Å². The molecule has 148 valence electrons. The molecular formula is C24H19N3O3. The molecule has 0 aliphatic rings. The van der Waals surface area contributed by atoms with Crippen molar-refractivity contribution in [3.63, 3.8) is 0 Å². The van der Waals surface area contributed by atoms with E-state index in [1.165, 1.54) is 12.4 Å². The highest BCUT2D eigenvalue weighted by atomic mass is 16.5. The second kappa shape index (κ2) is 9.07. The molecule has 0 spiro atoms. The number of allylic oxidation sites excluding steroid dienone is 1. The molecule has 1 N–H and O–H groups in total. The van der Waals surface area contributed by atoms with E-state index >= 15 is 0 Å². The second-order valence-corrected chi connectivity index (χ2v) is 6.47. The maximum atomic E-state index is 11.6. The van der Waals surface area contributed by atoms with Crippen molar-refractivity contribution in [3.8, 4) is 17.0 Å². The van der Waals surface area contributed by atoms with Gasteiger partial charge in [0.1, 0.15) is 19.2 Å². The number of aromatic nitrogens is 3. The van der Waals surface area contributed by atoms with Crippen LogP contribution in [0.3, 0.4) is 0 Å². The number of rotatable bonds is 7. The number of carbonyl (C=O) groups excluding carboxylic acids is 1. The van der Waals surface area contributed by atoms with Gasteiger partial charge in [-0.1, -0.05) is 48.5 Å². The van der Waals surface area contributed by atoms with Crippen molar-refractivity contribution in [2.75, 3.05) is 13.2 Å². The molecule has 4 aromatic rings. The Morgan fingerprint density at radius 2 is 1.73 bits per heavy atom. The molecule has 0 radical (unpaired) electrons. The number of para-hydroxylation sites is 1.